The van der Waals surface area contributed by atoms with Gasteiger partial charge in [-0.25, -0.2) is 0 Å². The third-order valence-corrected chi connectivity index (χ3v) is 2.55. The second-order valence-electron chi connectivity index (χ2n) is 4.08. The lowest BCUT2D eigenvalue weighted by Crippen LogP contribution is -2.20. The average Bonchev–Trinajstić information content (AvgIpc) is 2.45. The summed E-state index contributed by atoms with van der Waals surface area (Å²) in [5.74, 6) is -0.138. The van der Waals surface area contributed by atoms with Gasteiger partial charge >= 0.3 is 0 Å². The maximum Gasteiger partial charge on any atom is 0.244 e. The summed E-state index contributed by atoms with van der Waals surface area (Å²) < 4.78 is 0. The second-order valence-corrected chi connectivity index (χ2v) is 4.08. The second kappa shape index (κ2) is 6.35. The molecule has 3 N–H and O–H groups in total. The Hall–Kier alpha value is -2.62. The third kappa shape index (κ3) is 4.27. The van der Waals surface area contributed by atoms with E-state index >= 15 is 0 Å². The first kappa shape index (κ1) is 12.8. The fraction of sp³-hybridized carbons (Fsp3) is 0.0667. The molecule has 0 saturated heterocycles. The number of nitrogens with two attached hydrogens (primary N) is 1. The fourth-order valence-electron chi connectivity index (χ4n) is 1.53. The Kier molecular flexibility index (Phi) is 4.29. The molecule has 0 aliphatic rings. The summed E-state index contributed by atoms with van der Waals surface area (Å²) in [6.07, 6.45) is 6.68. The zero-order valence-corrected chi connectivity index (χ0v) is 10.4. The van der Waals surface area contributed by atoms with E-state index < -0.39 is 0 Å². The van der Waals surface area contributed by atoms with Crippen molar-refractivity contribution >= 4 is 17.7 Å². The van der Waals surface area contributed by atoms with Crippen LogP contribution in [-0.2, 0) is 11.3 Å². The third-order valence-electron chi connectivity index (χ3n) is 2.55. The van der Waals surface area contributed by atoms with Gasteiger partial charge in [0.05, 0.1) is 0 Å². The molecule has 1 heterocycles. The molecule has 19 heavy (non-hydrogen) atoms. The number of nitrogen functional groups attached to an aromatic ring is 1. The maximum absolute atomic E-state index is 11.6. The van der Waals surface area contributed by atoms with Crippen LogP contribution in [0, 0.1) is 0 Å². The van der Waals surface area contributed by atoms with E-state index in [1.165, 1.54) is 6.08 Å². The smallest absolute Gasteiger partial charge is 0.244 e. The highest BCUT2D eigenvalue weighted by atomic mass is 16.1. The Morgan fingerprint density at radius 3 is 2.74 bits per heavy atom. The zero-order chi connectivity index (χ0) is 13.5. The van der Waals surface area contributed by atoms with Crippen molar-refractivity contribution in [1.82, 2.24) is 10.3 Å². The largest absolute Gasteiger partial charge is 0.399 e. The lowest BCUT2D eigenvalue weighted by molar-refractivity contribution is -0.116. The molecule has 0 aliphatic carbocycles. The maximum atomic E-state index is 11.6. The van der Waals surface area contributed by atoms with E-state index in [1.54, 1.807) is 30.6 Å². The number of hydrogen-bond acceptors (Lipinski definition) is 3. The highest BCUT2D eigenvalue weighted by Gasteiger charge is 1.96. The van der Waals surface area contributed by atoms with E-state index in [4.69, 9.17) is 5.73 Å². The molecule has 0 aliphatic heterocycles. The van der Waals surface area contributed by atoms with Crippen molar-refractivity contribution in [3.05, 3.63) is 66.0 Å². The van der Waals surface area contributed by atoms with Crippen molar-refractivity contribution < 1.29 is 4.79 Å². The van der Waals surface area contributed by atoms with Crippen LogP contribution in [0.15, 0.2) is 54.9 Å². The summed E-state index contributed by atoms with van der Waals surface area (Å²) >= 11 is 0. The molecule has 0 unspecified atom stereocenters. The van der Waals surface area contributed by atoms with E-state index in [0.29, 0.717) is 12.2 Å². The standard InChI is InChI=1S/C15H15N3O/c16-14-6-3-12(4-7-14)5-8-15(19)18-11-13-2-1-9-17-10-13/h1-10H,11,16H2,(H,18,19). The van der Waals surface area contributed by atoms with Crippen molar-refractivity contribution in [2.45, 2.75) is 6.54 Å². The van der Waals surface area contributed by atoms with Crippen LogP contribution in [-0.4, -0.2) is 10.9 Å². The first-order chi connectivity index (χ1) is 9.24. The number of nitrogens with one attached hydrogen (secondary N) is 1. The summed E-state index contributed by atoms with van der Waals surface area (Å²) in [6, 6.07) is 11.1. The van der Waals surface area contributed by atoms with Crippen LogP contribution in [0.1, 0.15) is 11.1 Å². The number of pyridine rings is 1. The molecule has 4 heteroatoms. The molecule has 96 valence electrons. The monoisotopic (exact) mass is 253 g/mol. The predicted octanol–water partition coefficient (Wildman–Crippen LogP) is 1.99. The molecule has 2 rings (SSSR count). The highest BCUT2D eigenvalue weighted by Crippen LogP contribution is 2.06. The van der Waals surface area contributed by atoms with Gasteiger partial charge in [0.1, 0.15) is 0 Å². The van der Waals surface area contributed by atoms with Crippen LogP contribution in [0.3, 0.4) is 0 Å². The van der Waals surface area contributed by atoms with Crippen molar-refractivity contribution in [3.63, 3.8) is 0 Å². The van der Waals surface area contributed by atoms with E-state index in [9.17, 15) is 4.79 Å². The number of nitrogens with zero attached hydrogens (tertiary/aromatic N) is 1. The van der Waals surface area contributed by atoms with Gasteiger partial charge in [-0.05, 0) is 35.4 Å². The average molecular weight is 253 g/mol. The number of benzene rings is 1. The summed E-state index contributed by atoms with van der Waals surface area (Å²) in [5, 5.41) is 2.79. The Balaban J connectivity index is 1.86. The van der Waals surface area contributed by atoms with E-state index in [-0.39, 0.29) is 5.91 Å². The van der Waals surface area contributed by atoms with Gasteiger partial charge < -0.3 is 11.1 Å². The van der Waals surface area contributed by atoms with Gasteiger partial charge in [0.15, 0.2) is 0 Å². The van der Waals surface area contributed by atoms with Crippen molar-refractivity contribution in [2.24, 2.45) is 0 Å². The van der Waals surface area contributed by atoms with E-state index in [2.05, 4.69) is 10.3 Å². The summed E-state index contributed by atoms with van der Waals surface area (Å²) in [5.41, 5.74) is 8.20. The summed E-state index contributed by atoms with van der Waals surface area (Å²) in [6.45, 7) is 0.471. The van der Waals surface area contributed by atoms with Gasteiger partial charge in [-0.3, -0.25) is 9.78 Å². The van der Waals surface area contributed by atoms with Crippen LogP contribution in [0.2, 0.25) is 0 Å². The normalized spacial score (nSPS) is 10.5. The number of amides is 1. The number of carbonyl (C=O) groups is 1. The Labute approximate surface area is 112 Å². The number of carbonyl (C=O) groups excluding carboxylic acids is 1. The molecular weight excluding hydrogens is 238 g/mol. The number of anilines is 1. The van der Waals surface area contributed by atoms with Crippen molar-refractivity contribution in [1.29, 1.82) is 0 Å². The summed E-state index contributed by atoms with van der Waals surface area (Å²) in [7, 11) is 0. The number of aromatic nitrogens is 1. The van der Waals surface area contributed by atoms with Gasteiger partial charge in [0.2, 0.25) is 5.91 Å². The quantitative estimate of drug-likeness (QED) is 0.647. The Bertz CT molecular complexity index is 562. The van der Waals surface area contributed by atoms with Gasteiger partial charge in [-0.15, -0.1) is 0 Å². The van der Waals surface area contributed by atoms with E-state index in [0.717, 1.165) is 11.1 Å². The molecule has 0 saturated carbocycles. The topological polar surface area (TPSA) is 68.0 Å². The minimum Gasteiger partial charge on any atom is -0.399 e. The highest BCUT2D eigenvalue weighted by molar-refractivity contribution is 5.91. The van der Waals surface area contributed by atoms with Gasteiger partial charge in [-0.1, -0.05) is 18.2 Å². The van der Waals surface area contributed by atoms with Gasteiger partial charge in [0, 0.05) is 30.7 Å². The van der Waals surface area contributed by atoms with Crippen LogP contribution in [0.4, 0.5) is 5.69 Å². The molecule has 2 aromatic rings. The Morgan fingerprint density at radius 2 is 2.05 bits per heavy atom. The van der Waals surface area contributed by atoms with Gasteiger partial charge in [0.25, 0.3) is 0 Å². The lowest BCUT2D eigenvalue weighted by atomic mass is 10.2. The van der Waals surface area contributed by atoms with Gasteiger partial charge in [-0.2, -0.15) is 0 Å². The van der Waals surface area contributed by atoms with Crippen molar-refractivity contribution in [2.75, 3.05) is 5.73 Å². The molecule has 0 fully saturated rings. The molecule has 4 nitrogen and oxygen atoms in total. The molecule has 0 spiro atoms. The lowest BCUT2D eigenvalue weighted by Gasteiger charge is -2.01. The zero-order valence-electron chi connectivity index (χ0n) is 10.4. The molecular formula is C15H15N3O. The first-order valence-corrected chi connectivity index (χ1v) is 5.94. The summed E-state index contributed by atoms with van der Waals surface area (Å²) in [4.78, 5) is 15.6. The molecule has 1 aromatic heterocycles. The minimum atomic E-state index is -0.138. The molecule has 1 aromatic carbocycles. The number of rotatable bonds is 4. The Morgan fingerprint density at radius 1 is 1.26 bits per heavy atom. The molecule has 0 radical (unpaired) electrons. The number of hydrogen-bond donors (Lipinski definition) is 2. The van der Waals surface area contributed by atoms with Crippen LogP contribution >= 0.6 is 0 Å². The molecule has 0 bridgehead atoms. The molecule has 0 atom stereocenters. The minimum absolute atomic E-state index is 0.138. The fourth-order valence-corrected chi connectivity index (χ4v) is 1.53. The van der Waals surface area contributed by atoms with Crippen LogP contribution in [0.25, 0.3) is 6.08 Å². The molecule has 1 amide bonds. The predicted molar refractivity (Wildman–Crippen MR) is 76.0 cm³/mol. The van der Waals surface area contributed by atoms with E-state index in [1.807, 2.05) is 24.3 Å². The SMILES string of the molecule is Nc1ccc(C=CC(=O)NCc2cccnc2)cc1. The van der Waals surface area contributed by atoms with Crippen LogP contribution in [0.5, 0.6) is 0 Å². The first-order valence-electron chi connectivity index (χ1n) is 5.94. The van der Waals surface area contributed by atoms with Crippen molar-refractivity contribution in [3.8, 4) is 0 Å². The van der Waals surface area contributed by atoms with Crippen LogP contribution < -0.4 is 11.1 Å².